The fraction of sp³-hybridized carbons (Fsp3) is 0.143. The fourth-order valence-corrected chi connectivity index (χ4v) is 3.70. The number of rotatable bonds is 6. The van der Waals surface area contributed by atoms with Gasteiger partial charge >= 0.3 is 0 Å². The monoisotopic (exact) mass is 467 g/mol. The highest BCUT2D eigenvalue weighted by atomic mass is 79.9. The second-order valence-electron chi connectivity index (χ2n) is 6.53. The summed E-state index contributed by atoms with van der Waals surface area (Å²) in [4.78, 5) is 12.2. The van der Waals surface area contributed by atoms with Crippen molar-refractivity contribution < 1.29 is 4.79 Å². The second kappa shape index (κ2) is 8.75. The van der Waals surface area contributed by atoms with Gasteiger partial charge < -0.3 is 5.32 Å². The van der Waals surface area contributed by atoms with E-state index in [1.807, 2.05) is 67.6 Å². The van der Waals surface area contributed by atoms with Crippen LogP contribution in [0.4, 0.5) is 0 Å². The van der Waals surface area contributed by atoms with Crippen LogP contribution in [0.1, 0.15) is 11.1 Å². The molecule has 29 heavy (non-hydrogen) atoms. The molecule has 1 N–H and O–H groups in total. The largest absolute Gasteiger partial charge is 0.351 e. The van der Waals surface area contributed by atoms with Crippen LogP contribution in [0.5, 0.6) is 0 Å². The highest BCUT2D eigenvalue weighted by Gasteiger charge is 2.11. The lowest BCUT2D eigenvalue weighted by Crippen LogP contribution is -2.24. The number of carbonyl (C=O) groups excluding carboxylic acids is 1. The van der Waals surface area contributed by atoms with Crippen LogP contribution in [0.3, 0.4) is 0 Å². The Labute approximate surface area is 180 Å². The van der Waals surface area contributed by atoms with Gasteiger partial charge in [0.25, 0.3) is 0 Å². The van der Waals surface area contributed by atoms with E-state index in [-0.39, 0.29) is 11.7 Å². The van der Waals surface area contributed by atoms with Gasteiger partial charge in [0, 0.05) is 16.6 Å². The molecule has 0 aliphatic carbocycles. The zero-order valence-corrected chi connectivity index (χ0v) is 18.1. The van der Waals surface area contributed by atoms with E-state index >= 15 is 0 Å². The minimum absolute atomic E-state index is 0.0589. The predicted molar refractivity (Wildman–Crippen MR) is 118 cm³/mol. The van der Waals surface area contributed by atoms with Crippen LogP contribution in [0.2, 0.25) is 0 Å². The lowest BCUT2D eigenvalue weighted by Gasteiger charge is -2.06. The average molecular weight is 468 g/mol. The Bertz CT molecular complexity index is 1140. The lowest BCUT2D eigenvalue weighted by atomic mass is 10.1. The third-order valence-corrected chi connectivity index (χ3v) is 5.76. The predicted octanol–water partition coefficient (Wildman–Crippen LogP) is 4.27. The van der Waals surface area contributed by atoms with Gasteiger partial charge in [0.2, 0.25) is 11.1 Å². The third-order valence-electron chi connectivity index (χ3n) is 4.32. The van der Waals surface area contributed by atoms with Crippen molar-refractivity contribution >= 4 is 39.2 Å². The molecular weight excluding hydrogens is 450 g/mol. The molecule has 0 bridgehead atoms. The van der Waals surface area contributed by atoms with Gasteiger partial charge in [-0.2, -0.15) is 9.61 Å². The number of nitrogens with zero attached hydrogens (tertiary/aromatic N) is 4. The van der Waals surface area contributed by atoms with E-state index in [0.717, 1.165) is 21.3 Å². The molecule has 0 saturated carbocycles. The summed E-state index contributed by atoms with van der Waals surface area (Å²) in [5.41, 5.74) is 4.73. The molecule has 0 atom stereocenters. The maximum absolute atomic E-state index is 12.2. The first-order chi connectivity index (χ1) is 14.1. The van der Waals surface area contributed by atoms with E-state index in [0.29, 0.717) is 17.3 Å². The quantitative estimate of drug-likeness (QED) is 0.428. The van der Waals surface area contributed by atoms with Crippen LogP contribution in [0, 0.1) is 6.92 Å². The van der Waals surface area contributed by atoms with Crippen molar-refractivity contribution in [3.05, 3.63) is 76.3 Å². The molecule has 0 fully saturated rings. The van der Waals surface area contributed by atoms with Gasteiger partial charge in [-0.25, -0.2) is 0 Å². The van der Waals surface area contributed by atoms with E-state index < -0.39 is 0 Å². The molecule has 0 aliphatic heterocycles. The van der Waals surface area contributed by atoms with Crippen LogP contribution < -0.4 is 5.32 Å². The van der Waals surface area contributed by atoms with Crippen LogP contribution in [-0.2, 0) is 11.3 Å². The molecule has 0 radical (unpaired) electrons. The van der Waals surface area contributed by atoms with Crippen molar-refractivity contribution in [1.82, 2.24) is 25.1 Å². The van der Waals surface area contributed by atoms with Crippen LogP contribution >= 0.6 is 27.7 Å². The first kappa shape index (κ1) is 19.6. The Morgan fingerprint density at radius 2 is 1.79 bits per heavy atom. The zero-order valence-electron chi connectivity index (χ0n) is 15.7. The smallest absolute Gasteiger partial charge is 0.230 e. The van der Waals surface area contributed by atoms with Gasteiger partial charge in [-0.3, -0.25) is 4.79 Å². The van der Waals surface area contributed by atoms with Crippen LogP contribution in [-0.4, -0.2) is 31.5 Å². The summed E-state index contributed by atoms with van der Waals surface area (Å²) in [5.74, 6) is 0.188. The Kier molecular flexibility index (Phi) is 5.92. The molecule has 2 aromatic carbocycles. The molecule has 4 rings (SSSR count). The number of hydrogen-bond donors (Lipinski definition) is 1. The molecule has 0 saturated heterocycles. The summed E-state index contributed by atoms with van der Waals surface area (Å²) in [5, 5.41) is 16.5. The number of halogens is 1. The van der Waals surface area contributed by atoms with Crippen molar-refractivity contribution in [3.63, 3.8) is 0 Å². The lowest BCUT2D eigenvalue weighted by molar-refractivity contribution is -0.118. The number of aryl methyl sites for hydroxylation is 1. The van der Waals surface area contributed by atoms with E-state index in [2.05, 4.69) is 36.5 Å². The number of carbonyl (C=O) groups is 1. The first-order valence-electron chi connectivity index (χ1n) is 9.02. The van der Waals surface area contributed by atoms with Crippen LogP contribution in [0.15, 0.2) is 70.3 Å². The number of thioether (sulfide) groups is 1. The topological polar surface area (TPSA) is 72.2 Å². The van der Waals surface area contributed by atoms with Crippen molar-refractivity contribution in [3.8, 4) is 11.3 Å². The molecule has 0 unspecified atom stereocenters. The van der Waals surface area contributed by atoms with E-state index in [9.17, 15) is 4.79 Å². The Morgan fingerprint density at radius 1 is 1.03 bits per heavy atom. The number of hydrogen-bond acceptors (Lipinski definition) is 5. The molecule has 1 amide bonds. The Balaban J connectivity index is 1.42. The summed E-state index contributed by atoms with van der Waals surface area (Å²) in [6, 6.07) is 19.8. The summed E-state index contributed by atoms with van der Waals surface area (Å²) in [6.45, 7) is 2.55. The Morgan fingerprint density at radius 3 is 2.55 bits per heavy atom. The first-order valence-corrected chi connectivity index (χ1v) is 10.8. The number of benzene rings is 2. The highest BCUT2D eigenvalue weighted by Crippen LogP contribution is 2.22. The molecule has 0 aliphatic rings. The average Bonchev–Trinajstić information content (AvgIpc) is 3.14. The molecule has 146 valence electrons. The normalized spacial score (nSPS) is 11.0. The summed E-state index contributed by atoms with van der Waals surface area (Å²) in [7, 11) is 0. The van der Waals surface area contributed by atoms with Gasteiger partial charge in [0.15, 0.2) is 5.65 Å². The van der Waals surface area contributed by atoms with Crippen molar-refractivity contribution in [2.24, 2.45) is 0 Å². The molecule has 4 aromatic rings. The zero-order chi connectivity index (χ0) is 20.2. The minimum Gasteiger partial charge on any atom is -0.351 e. The van der Waals surface area contributed by atoms with Crippen molar-refractivity contribution in [2.45, 2.75) is 18.6 Å². The summed E-state index contributed by atoms with van der Waals surface area (Å²) in [6.07, 6.45) is 0. The van der Waals surface area contributed by atoms with Gasteiger partial charge in [-0.15, -0.1) is 10.2 Å². The molecular formula is C21H18BrN5OS. The third kappa shape index (κ3) is 4.83. The van der Waals surface area contributed by atoms with E-state index in [1.165, 1.54) is 17.3 Å². The van der Waals surface area contributed by atoms with E-state index in [4.69, 9.17) is 0 Å². The van der Waals surface area contributed by atoms with Gasteiger partial charge in [-0.05, 0) is 36.8 Å². The van der Waals surface area contributed by atoms with Gasteiger partial charge in [0.05, 0.1) is 11.4 Å². The van der Waals surface area contributed by atoms with Gasteiger partial charge in [0.1, 0.15) is 0 Å². The molecule has 2 heterocycles. The van der Waals surface area contributed by atoms with Crippen LogP contribution in [0.25, 0.3) is 16.9 Å². The number of amides is 1. The van der Waals surface area contributed by atoms with Crippen molar-refractivity contribution in [1.29, 1.82) is 0 Å². The minimum atomic E-state index is -0.0589. The fourth-order valence-electron chi connectivity index (χ4n) is 2.72. The maximum Gasteiger partial charge on any atom is 0.230 e. The maximum atomic E-state index is 12.2. The number of nitrogens with one attached hydrogen (secondary N) is 1. The summed E-state index contributed by atoms with van der Waals surface area (Å²) >= 11 is 4.76. The SMILES string of the molecule is Cc1ccc(CNC(=O)CSc2nnc3ccc(-c4ccc(Br)cc4)nn23)cc1. The molecule has 8 heteroatoms. The number of aromatic nitrogens is 4. The summed E-state index contributed by atoms with van der Waals surface area (Å²) < 4.78 is 2.69. The Hall–Kier alpha value is -2.71. The molecule has 6 nitrogen and oxygen atoms in total. The molecule has 0 spiro atoms. The molecule has 2 aromatic heterocycles. The standard InChI is InChI=1S/C21H18BrN5OS/c1-14-2-4-15(5-3-14)12-23-20(28)13-29-21-25-24-19-11-10-18(26-27(19)21)16-6-8-17(22)9-7-16/h2-11H,12-13H2,1H3,(H,23,28). The van der Waals surface area contributed by atoms with E-state index in [1.54, 1.807) is 4.52 Å². The number of fused-ring (bicyclic) bond motifs is 1. The second-order valence-corrected chi connectivity index (χ2v) is 8.39. The van der Waals surface area contributed by atoms with Gasteiger partial charge in [-0.1, -0.05) is 69.7 Å². The van der Waals surface area contributed by atoms with Crippen molar-refractivity contribution in [2.75, 3.05) is 5.75 Å². The highest BCUT2D eigenvalue weighted by molar-refractivity contribution is 9.10.